The van der Waals surface area contributed by atoms with Crippen LogP contribution in [0.2, 0.25) is 0 Å². The van der Waals surface area contributed by atoms with Crippen molar-refractivity contribution in [1.29, 1.82) is 0 Å². The minimum atomic E-state index is 0.229. The minimum absolute atomic E-state index is 0.229. The van der Waals surface area contributed by atoms with Crippen molar-refractivity contribution in [3.63, 3.8) is 0 Å². The monoisotopic (exact) mass is 279 g/mol. The van der Waals surface area contributed by atoms with E-state index in [1.54, 1.807) is 19.2 Å². The van der Waals surface area contributed by atoms with Gasteiger partial charge in [0.15, 0.2) is 0 Å². The highest BCUT2D eigenvalue weighted by Crippen LogP contribution is 2.43. The number of benzene rings is 1. The van der Waals surface area contributed by atoms with Crippen LogP contribution in [-0.4, -0.2) is 17.1 Å². The average molecular weight is 279 g/mol. The zero-order valence-corrected chi connectivity index (χ0v) is 12.1. The van der Waals surface area contributed by atoms with Crippen molar-refractivity contribution in [2.24, 2.45) is 0 Å². The Kier molecular flexibility index (Phi) is 3.14. The van der Waals surface area contributed by atoms with Crippen molar-refractivity contribution in [3.05, 3.63) is 66.6 Å². The number of pyridine rings is 1. The highest BCUT2D eigenvalue weighted by atomic mass is 16.3. The summed E-state index contributed by atoms with van der Waals surface area (Å²) in [6.45, 7) is 5.92. The van der Waals surface area contributed by atoms with E-state index >= 15 is 0 Å². The van der Waals surface area contributed by atoms with Crippen LogP contribution in [0.1, 0.15) is 12.5 Å². The number of fused-ring (bicyclic) bond motifs is 1. The van der Waals surface area contributed by atoms with Crippen LogP contribution in [0.5, 0.6) is 0 Å². The highest BCUT2D eigenvalue weighted by molar-refractivity contribution is 5.87. The molecule has 0 fully saturated rings. The second-order valence-electron chi connectivity index (χ2n) is 4.88. The molecule has 21 heavy (non-hydrogen) atoms. The first-order chi connectivity index (χ1) is 10.1. The molecule has 1 aliphatic rings. The topological polar surface area (TPSA) is 39.6 Å². The number of anilines is 3. The Hall–Kier alpha value is -2.75. The van der Waals surface area contributed by atoms with Crippen molar-refractivity contribution in [2.45, 2.75) is 6.92 Å². The van der Waals surface area contributed by atoms with Gasteiger partial charge in [0.25, 0.3) is 0 Å². The first-order valence-electron chi connectivity index (χ1n) is 6.77. The predicted octanol–water partition coefficient (Wildman–Crippen LogP) is 4.06. The number of rotatable bonds is 2. The predicted molar refractivity (Wildman–Crippen MR) is 86.6 cm³/mol. The molecule has 4 heteroatoms. The first kappa shape index (κ1) is 13.2. The molecule has 1 aliphatic heterocycles. The van der Waals surface area contributed by atoms with Crippen molar-refractivity contribution < 1.29 is 5.11 Å². The summed E-state index contributed by atoms with van der Waals surface area (Å²) in [7, 11) is 1.99. The van der Waals surface area contributed by atoms with Crippen LogP contribution in [0.4, 0.5) is 17.2 Å². The van der Waals surface area contributed by atoms with Crippen LogP contribution in [0.25, 0.3) is 5.76 Å². The molecule has 2 aromatic rings. The van der Waals surface area contributed by atoms with Gasteiger partial charge in [-0.3, -0.25) is 4.90 Å². The second-order valence-corrected chi connectivity index (χ2v) is 4.88. The molecule has 0 aliphatic carbocycles. The zero-order chi connectivity index (χ0) is 15.0. The Morgan fingerprint density at radius 3 is 2.52 bits per heavy atom. The molecule has 1 aromatic heterocycles. The van der Waals surface area contributed by atoms with E-state index in [-0.39, 0.29) is 5.76 Å². The summed E-state index contributed by atoms with van der Waals surface area (Å²) in [5.74, 6) is 1.86. The third-order valence-corrected chi connectivity index (χ3v) is 3.68. The van der Waals surface area contributed by atoms with Gasteiger partial charge in [0.2, 0.25) is 0 Å². The summed E-state index contributed by atoms with van der Waals surface area (Å²) in [5.41, 5.74) is 2.86. The molecule has 1 aromatic carbocycles. The molecule has 2 heterocycles. The van der Waals surface area contributed by atoms with Gasteiger partial charge < -0.3 is 10.0 Å². The molecule has 106 valence electrons. The van der Waals surface area contributed by atoms with E-state index in [1.165, 1.54) is 0 Å². The molecule has 0 amide bonds. The summed E-state index contributed by atoms with van der Waals surface area (Å²) in [6, 6.07) is 11.8. The number of hydrogen-bond donors (Lipinski definition) is 1. The molecular weight excluding hydrogens is 262 g/mol. The quantitative estimate of drug-likeness (QED) is 0.841. The Labute approximate surface area is 124 Å². The van der Waals surface area contributed by atoms with Gasteiger partial charge in [-0.25, -0.2) is 4.98 Å². The van der Waals surface area contributed by atoms with Gasteiger partial charge in [0.05, 0.1) is 11.4 Å². The lowest BCUT2D eigenvalue weighted by Gasteiger charge is -2.20. The highest BCUT2D eigenvalue weighted by Gasteiger charge is 2.28. The van der Waals surface area contributed by atoms with E-state index in [4.69, 9.17) is 0 Å². The van der Waals surface area contributed by atoms with Crippen LogP contribution in [0, 0.1) is 0 Å². The normalized spacial score (nSPS) is 14.6. The largest absolute Gasteiger partial charge is 0.508 e. The summed E-state index contributed by atoms with van der Waals surface area (Å²) in [5, 5.41) is 9.72. The molecule has 1 N–H and O–H groups in total. The molecule has 0 unspecified atom stereocenters. The van der Waals surface area contributed by atoms with Gasteiger partial charge in [-0.15, -0.1) is 0 Å². The number of allylic oxidation sites excluding steroid dienone is 1. The van der Waals surface area contributed by atoms with Gasteiger partial charge in [-0.2, -0.15) is 0 Å². The summed E-state index contributed by atoms with van der Waals surface area (Å²) in [4.78, 5) is 8.49. The fourth-order valence-corrected chi connectivity index (χ4v) is 2.46. The molecule has 0 bridgehead atoms. The maximum absolute atomic E-state index is 9.72. The van der Waals surface area contributed by atoms with Crippen LogP contribution in [0.3, 0.4) is 0 Å². The number of aliphatic hydroxyl groups excluding tert-OH is 1. The maximum atomic E-state index is 9.72. The third-order valence-electron chi connectivity index (χ3n) is 3.68. The lowest BCUT2D eigenvalue weighted by molar-refractivity contribution is 0.510. The smallest absolute Gasteiger partial charge is 0.138 e. The van der Waals surface area contributed by atoms with Crippen molar-refractivity contribution in [3.8, 4) is 0 Å². The fourth-order valence-electron chi connectivity index (χ4n) is 2.46. The maximum Gasteiger partial charge on any atom is 0.138 e. The van der Waals surface area contributed by atoms with E-state index in [9.17, 15) is 5.11 Å². The van der Waals surface area contributed by atoms with E-state index in [0.717, 1.165) is 23.0 Å². The lowest BCUT2D eigenvalue weighted by Crippen LogP contribution is -2.21. The number of aliphatic hydroxyl groups is 1. The molecule has 3 rings (SSSR count). The number of aromatic nitrogens is 1. The van der Waals surface area contributed by atoms with E-state index in [2.05, 4.69) is 17.6 Å². The van der Waals surface area contributed by atoms with E-state index in [0.29, 0.717) is 5.56 Å². The fraction of sp³-hybridized carbons (Fsp3) is 0.118. The van der Waals surface area contributed by atoms with Crippen molar-refractivity contribution >= 4 is 23.0 Å². The van der Waals surface area contributed by atoms with Gasteiger partial charge >= 0.3 is 0 Å². The first-order valence-corrected chi connectivity index (χ1v) is 6.77. The van der Waals surface area contributed by atoms with Crippen LogP contribution in [-0.2, 0) is 0 Å². The molecular formula is C17H17N3O. The van der Waals surface area contributed by atoms with E-state index in [1.807, 2.05) is 47.2 Å². The Balaban J connectivity index is 2.03. The van der Waals surface area contributed by atoms with E-state index < -0.39 is 0 Å². The van der Waals surface area contributed by atoms with Gasteiger partial charge in [-0.1, -0.05) is 18.7 Å². The van der Waals surface area contributed by atoms with Crippen LogP contribution in [0.15, 0.2) is 61.1 Å². The van der Waals surface area contributed by atoms with Gasteiger partial charge in [0, 0.05) is 18.8 Å². The molecule has 0 saturated heterocycles. The lowest BCUT2D eigenvalue weighted by atomic mass is 10.2. The summed E-state index contributed by atoms with van der Waals surface area (Å²) < 4.78 is 0. The number of para-hydroxylation sites is 2. The molecule has 0 atom stereocenters. The summed E-state index contributed by atoms with van der Waals surface area (Å²) >= 11 is 0. The Morgan fingerprint density at radius 1 is 1.19 bits per heavy atom. The molecule has 0 spiro atoms. The minimum Gasteiger partial charge on any atom is -0.508 e. The van der Waals surface area contributed by atoms with Gasteiger partial charge in [-0.05, 0) is 37.3 Å². The average Bonchev–Trinajstić information content (AvgIpc) is 2.79. The van der Waals surface area contributed by atoms with Crippen molar-refractivity contribution in [1.82, 2.24) is 4.98 Å². The summed E-state index contributed by atoms with van der Waals surface area (Å²) in [6.07, 6.45) is 3.31. The SMILES string of the molecule is C=C1N(C)c2ccccc2N1c1ccc(/C(O)=C/C)cn1. The number of hydrogen-bond acceptors (Lipinski definition) is 4. The Morgan fingerprint density at radius 2 is 1.90 bits per heavy atom. The number of nitrogens with zero attached hydrogens (tertiary/aromatic N) is 3. The zero-order valence-electron chi connectivity index (χ0n) is 12.1. The molecule has 0 radical (unpaired) electrons. The molecule has 0 saturated carbocycles. The van der Waals surface area contributed by atoms with Gasteiger partial charge in [0.1, 0.15) is 17.4 Å². The second kappa shape index (κ2) is 4.98. The molecule has 4 nitrogen and oxygen atoms in total. The standard InChI is InChI=1S/C17H17N3O/c1-4-16(21)13-9-10-17(18-11-13)20-12(2)19(3)14-7-5-6-8-15(14)20/h4-11,21H,2H2,1,3H3/b16-4-. The van der Waals surface area contributed by atoms with Crippen LogP contribution >= 0.6 is 0 Å². The van der Waals surface area contributed by atoms with Crippen LogP contribution < -0.4 is 9.80 Å². The third kappa shape index (κ3) is 2.05. The van der Waals surface area contributed by atoms with Crippen molar-refractivity contribution in [2.75, 3.05) is 16.8 Å². The Bertz CT molecular complexity index is 719.